The highest BCUT2D eigenvalue weighted by Gasteiger charge is 2.24. The van der Waals surface area contributed by atoms with Crippen LogP contribution in [0.2, 0.25) is 0 Å². The zero-order valence-electron chi connectivity index (χ0n) is 10.1. The standard InChI is InChI=1S/C12H17BrN2O2/c1-14-8-9(13)7-11(14)12(16)15(2)10-3-5-17-6-4-10/h7-8,10H,3-6H2,1-2H3. The maximum absolute atomic E-state index is 12.3. The van der Waals surface area contributed by atoms with Gasteiger partial charge in [-0.05, 0) is 34.8 Å². The molecule has 2 rings (SSSR count). The van der Waals surface area contributed by atoms with Crippen molar-refractivity contribution in [1.82, 2.24) is 9.47 Å². The molecule has 1 aromatic rings. The van der Waals surface area contributed by atoms with Crippen molar-refractivity contribution >= 4 is 21.8 Å². The third-order valence-electron chi connectivity index (χ3n) is 3.25. The molecule has 2 heterocycles. The van der Waals surface area contributed by atoms with E-state index in [9.17, 15) is 4.79 Å². The predicted molar refractivity (Wildman–Crippen MR) is 69.0 cm³/mol. The zero-order valence-corrected chi connectivity index (χ0v) is 11.7. The highest BCUT2D eigenvalue weighted by atomic mass is 79.9. The van der Waals surface area contributed by atoms with Gasteiger partial charge in [0, 0.05) is 44.0 Å². The molecule has 1 saturated heterocycles. The van der Waals surface area contributed by atoms with Crippen molar-refractivity contribution in [1.29, 1.82) is 0 Å². The molecule has 5 heteroatoms. The molecule has 0 unspecified atom stereocenters. The van der Waals surface area contributed by atoms with Crippen molar-refractivity contribution in [3.63, 3.8) is 0 Å². The fraction of sp³-hybridized carbons (Fsp3) is 0.583. The van der Waals surface area contributed by atoms with Crippen molar-refractivity contribution in [2.75, 3.05) is 20.3 Å². The summed E-state index contributed by atoms with van der Waals surface area (Å²) in [5, 5.41) is 0. The first-order valence-electron chi connectivity index (χ1n) is 5.76. The largest absolute Gasteiger partial charge is 0.381 e. The molecular formula is C12H17BrN2O2. The highest BCUT2D eigenvalue weighted by Crippen LogP contribution is 2.19. The number of amides is 1. The highest BCUT2D eigenvalue weighted by molar-refractivity contribution is 9.10. The van der Waals surface area contributed by atoms with E-state index in [-0.39, 0.29) is 5.91 Å². The summed E-state index contributed by atoms with van der Waals surface area (Å²) in [6.45, 7) is 1.50. The van der Waals surface area contributed by atoms with Crippen LogP contribution >= 0.6 is 15.9 Å². The topological polar surface area (TPSA) is 34.5 Å². The number of carbonyl (C=O) groups is 1. The van der Waals surface area contributed by atoms with E-state index in [1.165, 1.54) is 0 Å². The van der Waals surface area contributed by atoms with Gasteiger partial charge in [-0.15, -0.1) is 0 Å². The first-order chi connectivity index (χ1) is 8.09. The van der Waals surface area contributed by atoms with Crippen molar-refractivity contribution in [2.24, 2.45) is 7.05 Å². The van der Waals surface area contributed by atoms with E-state index in [0.717, 1.165) is 30.5 Å². The smallest absolute Gasteiger partial charge is 0.270 e. The number of nitrogens with zero attached hydrogens (tertiary/aromatic N) is 2. The Hall–Kier alpha value is -0.810. The van der Waals surface area contributed by atoms with Crippen molar-refractivity contribution in [3.8, 4) is 0 Å². The summed E-state index contributed by atoms with van der Waals surface area (Å²) in [6.07, 6.45) is 3.74. The molecule has 0 spiro atoms. The van der Waals surface area contributed by atoms with Crippen LogP contribution in [-0.2, 0) is 11.8 Å². The lowest BCUT2D eigenvalue weighted by Gasteiger charge is -2.31. The van der Waals surface area contributed by atoms with Gasteiger partial charge in [0.2, 0.25) is 0 Å². The molecule has 0 N–H and O–H groups in total. The molecule has 1 fully saturated rings. The molecule has 94 valence electrons. The van der Waals surface area contributed by atoms with Gasteiger partial charge < -0.3 is 14.2 Å². The van der Waals surface area contributed by atoms with Crippen LogP contribution in [-0.4, -0.2) is 41.7 Å². The summed E-state index contributed by atoms with van der Waals surface area (Å²) in [6, 6.07) is 2.16. The van der Waals surface area contributed by atoms with E-state index in [4.69, 9.17) is 4.74 Å². The minimum absolute atomic E-state index is 0.0742. The van der Waals surface area contributed by atoms with Gasteiger partial charge in [-0.2, -0.15) is 0 Å². The SMILES string of the molecule is CN(C(=O)c1cc(Br)cn1C)C1CCOCC1. The summed E-state index contributed by atoms with van der Waals surface area (Å²) in [5.41, 5.74) is 0.714. The van der Waals surface area contributed by atoms with Gasteiger partial charge in [0.1, 0.15) is 5.69 Å². The van der Waals surface area contributed by atoms with Crippen LogP contribution in [0.1, 0.15) is 23.3 Å². The van der Waals surface area contributed by atoms with Gasteiger partial charge in [-0.25, -0.2) is 0 Å². The number of rotatable bonds is 2. The Labute approximate surface area is 110 Å². The van der Waals surface area contributed by atoms with Gasteiger partial charge in [-0.3, -0.25) is 4.79 Å². The van der Waals surface area contributed by atoms with Crippen LogP contribution in [0.25, 0.3) is 0 Å². The Morgan fingerprint density at radius 3 is 2.71 bits per heavy atom. The summed E-state index contributed by atoms with van der Waals surface area (Å²) >= 11 is 3.38. The van der Waals surface area contributed by atoms with Gasteiger partial charge in [-0.1, -0.05) is 0 Å². The lowest BCUT2D eigenvalue weighted by Crippen LogP contribution is -2.41. The third-order valence-corrected chi connectivity index (χ3v) is 3.68. The minimum Gasteiger partial charge on any atom is -0.381 e. The molecule has 0 saturated carbocycles. The average Bonchev–Trinajstić information content (AvgIpc) is 2.68. The molecule has 0 radical (unpaired) electrons. The maximum atomic E-state index is 12.3. The lowest BCUT2D eigenvalue weighted by molar-refractivity contribution is 0.0357. The fourth-order valence-electron chi connectivity index (χ4n) is 2.16. The second-order valence-electron chi connectivity index (χ2n) is 4.41. The summed E-state index contributed by atoms with van der Waals surface area (Å²) in [5.74, 6) is 0.0742. The van der Waals surface area contributed by atoms with Crippen LogP contribution in [0.5, 0.6) is 0 Å². The Morgan fingerprint density at radius 2 is 2.18 bits per heavy atom. The molecule has 1 aliphatic rings. The van der Waals surface area contributed by atoms with Crippen LogP contribution in [0.15, 0.2) is 16.7 Å². The lowest BCUT2D eigenvalue weighted by atomic mass is 10.1. The van der Waals surface area contributed by atoms with Crippen molar-refractivity contribution in [3.05, 3.63) is 22.4 Å². The quantitative estimate of drug-likeness (QED) is 0.838. The van der Waals surface area contributed by atoms with Gasteiger partial charge in [0.25, 0.3) is 5.91 Å². The van der Waals surface area contributed by atoms with E-state index >= 15 is 0 Å². The number of carbonyl (C=O) groups excluding carboxylic acids is 1. The summed E-state index contributed by atoms with van der Waals surface area (Å²) in [4.78, 5) is 14.2. The molecule has 0 aromatic carbocycles. The van der Waals surface area contributed by atoms with Crippen LogP contribution in [0.3, 0.4) is 0 Å². The Morgan fingerprint density at radius 1 is 1.53 bits per heavy atom. The summed E-state index contributed by atoms with van der Waals surface area (Å²) in [7, 11) is 3.76. The van der Waals surface area contributed by atoms with Gasteiger partial charge in [0.05, 0.1) is 0 Å². The molecule has 1 aromatic heterocycles. The van der Waals surface area contributed by atoms with E-state index in [0.29, 0.717) is 11.7 Å². The van der Waals surface area contributed by atoms with Crippen LogP contribution < -0.4 is 0 Å². The van der Waals surface area contributed by atoms with Gasteiger partial charge >= 0.3 is 0 Å². The number of halogens is 1. The van der Waals surface area contributed by atoms with Crippen LogP contribution in [0, 0.1) is 0 Å². The monoisotopic (exact) mass is 300 g/mol. The van der Waals surface area contributed by atoms with Crippen molar-refractivity contribution in [2.45, 2.75) is 18.9 Å². The molecule has 1 aliphatic heterocycles. The number of aryl methyl sites for hydroxylation is 1. The second kappa shape index (κ2) is 5.23. The Bertz CT molecular complexity index is 411. The summed E-state index contributed by atoms with van der Waals surface area (Å²) < 4.78 is 8.10. The molecule has 1 amide bonds. The van der Waals surface area contributed by atoms with Crippen molar-refractivity contribution < 1.29 is 9.53 Å². The maximum Gasteiger partial charge on any atom is 0.270 e. The molecule has 0 aliphatic carbocycles. The van der Waals surface area contributed by atoms with E-state index in [1.54, 1.807) is 0 Å². The molecular weight excluding hydrogens is 284 g/mol. The molecule has 0 bridgehead atoms. The fourth-order valence-corrected chi connectivity index (χ4v) is 2.68. The average molecular weight is 301 g/mol. The number of ether oxygens (including phenoxy) is 1. The molecule has 17 heavy (non-hydrogen) atoms. The van der Waals surface area contributed by atoms with E-state index < -0.39 is 0 Å². The zero-order chi connectivity index (χ0) is 12.4. The Kier molecular flexibility index (Phi) is 3.89. The van der Waals surface area contributed by atoms with E-state index in [2.05, 4.69) is 15.9 Å². The first kappa shape index (κ1) is 12.6. The Balaban J connectivity index is 2.11. The predicted octanol–water partition coefficient (Wildman–Crippen LogP) is 2.04. The first-order valence-corrected chi connectivity index (χ1v) is 6.55. The normalized spacial score (nSPS) is 17.1. The number of aromatic nitrogens is 1. The number of hydrogen-bond acceptors (Lipinski definition) is 2. The third kappa shape index (κ3) is 2.72. The van der Waals surface area contributed by atoms with Gasteiger partial charge in [0.15, 0.2) is 0 Å². The molecule has 0 atom stereocenters. The van der Waals surface area contributed by atoms with E-state index in [1.807, 2.05) is 35.8 Å². The minimum atomic E-state index is 0.0742. The second-order valence-corrected chi connectivity index (χ2v) is 5.33. The number of hydrogen-bond donors (Lipinski definition) is 0. The van der Waals surface area contributed by atoms with Crippen LogP contribution in [0.4, 0.5) is 0 Å². The molecule has 4 nitrogen and oxygen atoms in total.